The summed E-state index contributed by atoms with van der Waals surface area (Å²) >= 11 is 0. The average molecular weight is 241 g/mol. The Morgan fingerprint density at radius 2 is 2.35 bits per heavy atom. The molecule has 0 radical (unpaired) electrons. The molecule has 17 heavy (non-hydrogen) atoms. The van der Waals surface area contributed by atoms with Crippen LogP contribution in [0.15, 0.2) is 18.2 Å². The molecule has 0 aliphatic carbocycles. The van der Waals surface area contributed by atoms with Crippen LogP contribution in [-0.4, -0.2) is 36.4 Å². The molecule has 0 saturated carbocycles. The summed E-state index contributed by atoms with van der Waals surface area (Å²) in [5.41, 5.74) is 0.962. The van der Waals surface area contributed by atoms with Crippen molar-refractivity contribution in [2.24, 2.45) is 0 Å². The quantitative estimate of drug-likeness (QED) is 0.878. The van der Waals surface area contributed by atoms with Crippen LogP contribution in [0, 0.1) is 0 Å². The number of halogens is 2. The van der Waals surface area contributed by atoms with E-state index in [-0.39, 0.29) is 6.54 Å². The van der Waals surface area contributed by atoms with E-state index in [4.69, 9.17) is 0 Å². The average Bonchev–Trinajstić information content (AvgIpc) is 2.73. The molecular weight excluding hydrogens is 224 g/mol. The third kappa shape index (κ3) is 3.12. The predicted octanol–water partition coefficient (Wildman–Crippen LogP) is 2.53. The molecule has 3 nitrogen and oxygen atoms in total. The summed E-state index contributed by atoms with van der Waals surface area (Å²) in [5.74, 6) is 0.531. The Morgan fingerprint density at radius 3 is 3.00 bits per heavy atom. The first-order valence-electron chi connectivity index (χ1n) is 5.86. The summed E-state index contributed by atoms with van der Waals surface area (Å²) < 4.78 is 24.2. The van der Waals surface area contributed by atoms with Gasteiger partial charge in [0, 0.05) is 0 Å². The van der Waals surface area contributed by atoms with Crippen molar-refractivity contribution in [2.45, 2.75) is 25.3 Å². The zero-order valence-electron chi connectivity index (χ0n) is 9.87. The van der Waals surface area contributed by atoms with Crippen LogP contribution in [0.1, 0.15) is 24.6 Å². The van der Waals surface area contributed by atoms with Crippen LogP contribution in [0.2, 0.25) is 0 Å². The highest BCUT2D eigenvalue weighted by Crippen LogP contribution is 2.29. The molecule has 2 rings (SSSR count). The van der Waals surface area contributed by atoms with E-state index in [9.17, 15) is 8.78 Å². The van der Waals surface area contributed by atoms with Crippen molar-refractivity contribution in [3.63, 3.8) is 0 Å². The van der Waals surface area contributed by atoms with Gasteiger partial charge < -0.3 is 5.32 Å². The number of pyridine rings is 1. The normalized spacial score (nSPS) is 21.1. The van der Waals surface area contributed by atoms with Gasteiger partial charge in [0.15, 0.2) is 0 Å². The maximum Gasteiger partial charge on any atom is 0.255 e. The number of nitrogens with one attached hydrogen (secondary N) is 1. The van der Waals surface area contributed by atoms with Gasteiger partial charge in [-0.25, -0.2) is 13.8 Å². The van der Waals surface area contributed by atoms with E-state index in [1.54, 1.807) is 6.07 Å². The van der Waals surface area contributed by atoms with Crippen molar-refractivity contribution in [3.8, 4) is 0 Å². The smallest absolute Gasteiger partial charge is 0.255 e. The Balaban J connectivity index is 2.05. The summed E-state index contributed by atoms with van der Waals surface area (Å²) in [5, 5.41) is 2.64. The second-order valence-electron chi connectivity index (χ2n) is 4.36. The molecule has 1 atom stereocenters. The fourth-order valence-corrected chi connectivity index (χ4v) is 2.20. The molecule has 0 spiro atoms. The number of anilines is 1. The second-order valence-corrected chi connectivity index (χ2v) is 4.36. The Kier molecular flexibility index (Phi) is 3.89. The lowest BCUT2D eigenvalue weighted by Crippen LogP contribution is -2.19. The maximum atomic E-state index is 12.1. The molecule has 1 aromatic rings. The van der Waals surface area contributed by atoms with E-state index < -0.39 is 6.43 Å². The topological polar surface area (TPSA) is 28.2 Å². The van der Waals surface area contributed by atoms with Crippen LogP contribution in [0.5, 0.6) is 0 Å². The van der Waals surface area contributed by atoms with Crippen molar-refractivity contribution in [2.75, 3.05) is 25.5 Å². The molecule has 0 unspecified atom stereocenters. The highest BCUT2D eigenvalue weighted by atomic mass is 19.3. The third-order valence-corrected chi connectivity index (χ3v) is 3.07. The molecular formula is C12H17F2N3. The molecule has 1 aromatic heterocycles. The van der Waals surface area contributed by atoms with Crippen molar-refractivity contribution in [1.82, 2.24) is 9.88 Å². The molecule has 1 aliphatic heterocycles. The standard InChI is InChI=1S/C12H17F2N3/c1-17-7-3-5-10(17)9-4-2-6-12(16-9)15-8-11(13)14/h2,4,6,10-11H,3,5,7-8H2,1H3,(H,15,16)/t10-/m1/s1. The lowest BCUT2D eigenvalue weighted by Gasteiger charge is -2.19. The molecule has 5 heteroatoms. The maximum absolute atomic E-state index is 12.1. The lowest BCUT2D eigenvalue weighted by molar-refractivity contribution is 0.163. The number of hydrogen-bond donors (Lipinski definition) is 1. The van der Waals surface area contributed by atoms with E-state index in [1.807, 2.05) is 12.1 Å². The van der Waals surface area contributed by atoms with E-state index in [0.29, 0.717) is 11.9 Å². The minimum atomic E-state index is -2.35. The minimum Gasteiger partial charge on any atom is -0.364 e. The monoisotopic (exact) mass is 241 g/mol. The highest BCUT2D eigenvalue weighted by Gasteiger charge is 2.23. The van der Waals surface area contributed by atoms with Crippen LogP contribution in [0.4, 0.5) is 14.6 Å². The minimum absolute atomic E-state index is 0.322. The van der Waals surface area contributed by atoms with Crippen LogP contribution in [0.25, 0.3) is 0 Å². The van der Waals surface area contributed by atoms with Gasteiger partial charge in [-0.1, -0.05) is 6.07 Å². The van der Waals surface area contributed by atoms with E-state index in [0.717, 1.165) is 25.1 Å². The molecule has 0 aromatic carbocycles. The van der Waals surface area contributed by atoms with Gasteiger partial charge >= 0.3 is 0 Å². The van der Waals surface area contributed by atoms with Gasteiger partial charge in [0.05, 0.1) is 18.3 Å². The Morgan fingerprint density at radius 1 is 1.53 bits per heavy atom. The Hall–Kier alpha value is -1.23. The SMILES string of the molecule is CN1CCC[C@@H]1c1cccc(NCC(F)F)n1. The Bertz CT molecular complexity index is 371. The van der Waals surface area contributed by atoms with Gasteiger partial charge in [-0.05, 0) is 38.6 Å². The number of rotatable bonds is 4. The van der Waals surface area contributed by atoms with Gasteiger partial charge in [0.25, 0.3) is 6.43 Å². The van der Waals surface area contributed by atoms with Crippen LogP contribution >= 0.6 is 0 Å². The summed E-state index contributed by atoms with van der Waals surface area (Å²) in [7, 11) is 2.07. The molecule has 94 valence electrons. The number of nitrogens with zero attached hydrogens (tertiary/aromatic N) is 2. The van der Waals surface area contributed by atoms with Gasteiger partial charge in [-0.15, -0.1) is 0 Å². The number of hydrogen-bond acceptors (Lipinski definition) is 3. The number of likely N-dealkylation sites (tertiary alicyclic amines) is 1. The lowest BCUT2D eigenvalue weighted by atomic mass is 10.1. The van der Waals surface area contributed by atoms with Crippen molar-refractivity contribution in [3.05, 3.63) is 23.9 Å². The van der Waals surface area contributed by atoms with Crippen LogP contribution < -0.4 is 5.32 Å². The molecule has 1 N–H and O–H groups in total. The first-order chi connectivity index (χ1) is 8.16. The predicted molar refractivity (Wildman–Crippen MR) is 63.3 cm³/mol. The molecule has 1 fully saturated rings. The van der Waals surface area contributed by atoms with E-state index in [2.05, 4.69) is 22.2 Å². The van der Waals surface area contributed by atoms with Crippen LogP contribution in [0.3, 0.4) is 0 Å². The Labute approximate surface area is 99.8 Å². The second kappa shape index (κ2) is 5.40. The fraction of sp³-hybridized carbons (Fsp3) is 0.583. The van der Waals surface area contributed by atoms with Crippen molar-refractivity contribution in [1.29, 1.82) is 0 Å². The van der Waals surface area contributed by atoms with Gasteiger partial charge in [-0.2, -0.15) is 0 Å². The zero-order chi connectivity index (χ0) is 12.3. The van der Waals surface area contributed by atoms with Crippen molar-refractivity contribution < 1.29 is 8.78 Å². The number of aromatic nitrogens is 1. The van der Waals surface area contributed by atoms with Crippen molar-refractivity contribution >= 4 is 5.82 Å². The summed E-state index contributed by atoms with van der Waals surface area (Å²) in [6.45, 7) is 0.720. The molecule has 0 amide bonds. The number of alkyl halides is 2. The molecule has 1 saturated heterocycles. The third-order valence-electron chi connectivity index (χ3n) is 3.07. The van der Waals surface area contributed by atoms with Gasteiger partial charge in [0.1, 0.15) is 5.82 Å². The molecule has 1 aliphatic rings. The van der Waals surface area contributed by atoms with Crippen LogP contribution in [-0.2, 0) is 0 Å². The first kappa shape index (κ1) is 12.2. The largest absolute Gasteiger partial charge is 0.364 e. The van der Waals surface area contributed by atoms with E-state index >= 15 is 0 Å². The summed E-state index contributed by atoms with van der Waals surface area (Å²) in [6, 6.07) is 5.87. The molecule has 0 bridgehead atoms. The highest BCUT2D eigenvalue weighted by molar-refractivity contribution is 5.36. The van der Waals surface area contributed by atoms with E-state index in [1.165, 1.54) is 0 Å². The fourth-order valence-electron chi connectivity index (χ4n) is 2.20. The summed E-state index contributed by atoms with van der Waals surface area (Å²) in [4.78, 5) is 6.64. The zero-order valence-corrected chi connectivity index (χ0v) is 9.87. The molecule has 2 heterocycles. The van der Waals surface area contributed by atoms with Gasteiger partial charge in [0.2, 0.25) is 0 Å². The first-order valence-corrected chi connectivity index (χ1v) is 5.86. The van der Waals surface area contributed by atoms with Gasteiger partial charge in [-0.3, -0.25) is 4.90 Å². The summed E-state index contributed by atoms with van der Waals surface area (Å²) in [6.07, 6.45) is -0.103.